The Labute approximate surface area is 103 Å². The Morgan fingerprint density at radius 1 is 1.62 bits per heavy atom. The third kappa shape index (κ3) is 3.65. The van der Waals surface area contributed by atoms with E-state index in [0.29, 0.717) is 5.92 Å². The van der Waals surface area contributed by atoms with Crippen LogP contribution in [0.25, 0.3) is 0 Å². The molecule has 1 fully saturated rings. The van der Waals surface area contributed by atoms with Crippen molar-refractivity contribution < 1.29 is 5.11 Å². The molecule has 0 aliphatic heterocycles. The van der Waals surface area contributed by atoms with E-state index < -0.39 is 0 Å². The van der Waals surface area contributed by atoms with E-state index in [2.05, 4.69) is 18.3 Å². The van der Waals surface area contributed by atoms with Crippen LogP contribution in [0.5, 0.6) is 0 Å². The zero-order valence-corrected chi connectivity index (χ0v) is 11.0. The number of aliphatic hydroxyl groups is 1. The van der Waals surface area contributed by atoms with Crippen molar-refractivity contribution in [1.82, 2.24) is 5.32 Å². The molecule has 1 saturated carbocycles. The summed E-state index contributed by atoms with van der Waals surface area (Å²) in [5.74, 6) is 1.30. The smallest absolute Gasteiger partial charge is 0.118 e. The molecule has 0 bridgehead atoms. The first-order valence-corrected chi connectivity index (χ1v) is 7.12. The molecule has 0 aromatic rings. The van der Waals surface area contributed by atoms with Crippen LogP contribution in [0, 0.1) is 17.2 Å². The molecule has 2 atom stereocenters. The molecule has 0 radical (unpaired) electrons. The molecular weight excluding hydrogens is 220 g/mol. The Bertz CT molecular complexity index is 250. The number of nitrogens with zero attached hydrogens (tertiary/aromatic N) is 1. The molecule has 3 nitrogen and oxygen atoms in total. The molecule has 4 heteroatoms. The summed E-state index contributed by atoms with van der Waals surface area (Å²) >= 11 is 1.69. The van der Waals surface area contributed by atoms with Gasteiger partial charge in [-0.25, -0.2) is 0 Å². The lowest BCUT2D eigenvalue weighted by molar-refractivity contribution is 0.299. The molecule has 1 aliphatic rings. The van der Waals surface area contributed by atoms with Crippen LogP contribution in [0.2, 0.25) is 0 Å². The minimum absolute atomic E-state index is 0.185. The van der Waals surface area contributed by atoms with E-state index in [-0.39, 0.29) is 17.4 Å². The molecule has 0 spiro atoms. The van der Waals surface area contributed by atoms with Gasteiger partial charge in [0.2, 0.25) is 0 Å². The van der Waals surface area contributed by atoms with Crippen LogP contribution in [0.3, 0.4) is 0 Å². The maximum atomic E-state index is 9.41. The lowest BCUT2D eigenvalue weighted by Gasteiger charge is -2.28. The van der Waals surface area contributed by atoms with Crippen molar-refractivity contribution in [2.75, 3.05) is 18.9 Å². The van der Waals surface area contributed by atoms with Crippen LogP contribution in [-0.2, 0) is 0 Å². The molecule has 2 unspecified atom stereocenters. The highest BCUT2D eigenvalue weighted by atomic mass is 32.2. The van der Waals surface area contributed by atoms with Gasteiger partial charge >= 0.3 is 0 Å². The number of hydrogen-bond donors (Lipinski definition) is 2. The summed E-state index contributed by atoms with van der Waals surface area (Å²) in [4.78, 5) is 0. The predicted octanol–water partition coefficient (Wildman–Crippen LogP) is 1.77. The fourth-order valence-electron chi connectivity index (χ4n) is 1.73. The highest BCUT2D eigenvalue weighted by Crippen LogP contribution is 2.41. The van der Waals surface area contributed by atoms with E-state index in [4.69, 9.17) is 5.11 Å². The molecule has 92 valence electrons. The number of thioether (sulfide) groups is 1. The van der Waals surface area contributed by atoms with Crippen LogP contribution in [-0.4, -0.2) is 34.8 Å². The Morgan fingerprint density at radius 2 is 2.31 bits per heavy atom. The number of rotatable bonds is 8. The summed E-state index contributed by atoms with van der Waals surface area (Å²) in [6.45, 7) is 5.20. The SMILES string of the molecule is CCCNC(C#N)(CSC(C)CO)C1CC1. The van der Waals surface area contributed by atoms with Crippen LogP contribution in [0.4, 0.5) is 0 Å². The van der Waals surface area contributed by atoms with Gasteiger partial charge in [-0.2, -0.15) is 17.0 Å². The molecule has 0 aromatic carbocycles. The monoisotopic (exact) mass is 242 g/mol. The second-order valence-electron chi connectivity index (χ2n) is 4.59. The van der Waals surface area contributed by atoms with Crippen molar-refractivity contribution in [3.05, 3.63) is 0 Å². The quantitative estimate of drug-likeness (QED) is 0.681. The highest BCUT2D eigenvalue weighted by molar-refractivity contribution is 8.00. The second kappa shape index (κ2) is 6.48. The van der Waals surface area contributed by atoms with E-state index in [9.17, 15) is 5.26 Å². The first-order chi connectivity index (χ1) is 7.68. The van der Waals surface area contributed by atoms with Crippen LogP contribution in [0.15, 0.2) is 0 Å². The molecule has 0 saturated heterocycles. The molecule has 1 rings (SSSR count). The standard InChI is InChI=1S/C12H22N2OS/c1-3-6-14-12(8-13,11-4-5-11)9-16-10(2)7-15/h10-11,14-15H,3-7,9H2,1-2H3. The van der Waals surface area contributed by atoms with E-state index in [1.165, 1.54) is 12.8 Å². The summed E-state index contributed by atoms with van der Waals surface area (Å²) < 4.78 is 0. The van der Waals surface area contributed by atoms with Gasteiger partial charge in [-0.15, -0.1) is 0 Å². The molecule has 16 heavy (non-hydrogen) atoms. The average Bonchev–Trinajstić information content (AvgIpc) is 3.14. The Balaban J connectivity index is 2.52. The van der Waals surface area contributed by atoms with Gasteiger partial charge in [0.25, 0.3) is 0 Å². The van der Waals surface area contributed by atoms with Gasteiger partial charge in [-0.3, -0.25) is 5.32 Å². The van der Waals surface area contributed by atoms with Crippen molar-refractivity contribution in [2.24, 2.45) is 5.92 Å². The van der Waals surface area contributed by atoms with Gasteiger partial charge < -0.3 is 5.11 Å². The minimum atomic E-state index is -0.357. The van der Waals surface area contributed by atoms with E-state index in [1.807, 2.05) is 6.92 Å². The molecular formula is C12H22N2OS. The molecule has 0 amide bonds. The summed E-state index contributed by atoms with van der Waals surface area (Å²) in [7, 11) is 0. The predicted molar refractivity (Wildman–Crippen MR) is 68.4 cm³/mol. The first-order valence-electron chi connectivity index (χ1n) is 6.07. The lowest BCUT2D eigenvalue weighted by Crippen LogP contribution is -2.49. The van der Waals surface area contributed by atoms with Crippen molar-refractivity contribution in [1.29, 1.82) is 5.26 Å². The lowest BCUT2D eigenvalue weighted by atomic mass is 9.97. The Hall–Kier alpha value is -0.240. The maximum Gasteiger partial charge on any atom is 0.118 e. The molecule has 2 N–H and O–H groups in total. The zero-order chi connectivity index (χ0) is 12.0. The number of aliphatic hydroxyl groups excluding tert-OH is 1. The van der Waals surface area contributed by atoms with Gasteiger partial charge in [0, 0.05) is 11.0 Å². The van der Waals surface area contributed by atoms with Gasteiger partial charge in [0.1, 0.15) is 5.54 Å². The summed E-state index contributed by atoms with van der Waals surface area (Å²) in [6, 6.07) is 2.48. The fourth-order valence-corrected chi connectivity index (χ4v) is 2.78. The average molecular weight is 242 g/mol. The second-order valence-corrected chi connectivity index (χ2v) is 6.02. The van der Waals surface area contributed by atoms with E-state index >= 15 is 0 Å². The van der Waals surface area contributed by atoms with Gasteiger partial charge in [0.05, 0.1) is 12.7 Å². The van der Waals surface area contributed by atoms with Gasteiger partial charge in [-0.1, -0.05) is 13.8 Å². The van der Waals surface area contributed by atoms with Crippen LogP contribution in [0.1, 0.15) is 33.1 Å². The number of nitrogens with one attached hydrogen (secondary N) is 1. The summed E-state index contributed by atoms with van der Waals surface area (Å²) in [6.07, 6.45) is 3.38. The van der Waals surface area contributed by atoms with Crippen molar-refractivity contribution in [3.63, 3.8) is 0 Å². The van der Waals surface area contributed by atoms with Gasteiger partial charge in [0.15, 0.2) is 0 Å². The van der Waals surface area contributed by atoms with Crippen molar-refractivity contribution in [3.8, 4) is 6.07 Å². The van der Waals surface area contributed by atoms with Crippen LogP contribution < -0.4 is 5.32 Å². The number of hydrogen-bond acceptors (Lipinski definition) is 4. The summed E-state index contributed by atoms with van der Waals surface area (Å²) in [5, 5.41) is 22.0. The highest BCUT2D eigenvalue weighted by Gasteiger charge is 2.45. The third-order valence-corrected chi connectivity index (χ3v) is 4.36. The Kier molecular flexibility index (Phi) is 5.60. The normalized spacial score (nSPS) is 21.1. The van der Waals surface area contributed by atoms with Crippen molar-refractivity contribution >= 4 is 11.8 Å². The molecule has 1 aliphatic carbocycles. The van der Waals surface area contributed by atoms with E-state index in [0.717, 1.165) is 18.7 Å². The fraction of sp³-hybridized carbons (Fsp3) is 0.917. The molecule has 0 heterocycles. The van der Waals surface area contributed by atoms with Crippen molar-refractivity contribution in [2.45, 2.75) is 43.9 Å². The zero-order valence-electron chi connectivity index (χ0n) is 10.2. The largest absolute Gasteiger partial charge is 0.395 e. The number of nitriles is 1. The Morgan fingerprint density at radius 3 is 2.75 bits per heavy atom. The maximum absolute atomic E-state index is 9.41. The summed E-state index contributed by atoms with van der Waals surface area (Å²) in [5.41, 5.74) is -0.357. The minimum Gasteiger partial charge on any atom is -0.395 e. The third-order valence-electron chi connectivity index (χ3n) is 3.02. The van der Waals surface area contributed by atoms with E-state index in [1.54, 1.807) is 11.8 Å². The molecule has 0 aromatic heterocycles. The van der Waals surface area contributed by atoms with Crippen LogP contribution >= 0.6 is 11.8 Å². The first kappa shape index (κ1) is 13.8. The topological polar surface area (TPSA) is 56.0 Å². The van der Waals surface area contributed by atoms with Gasteiger partial charge in [-0.05, 0) is 31.7 Å².